The van der Waals surface area contributed by atoms with Crippen LogP contribution in [0.25, 0.3) is 0 Å². The van der Waals surface area contributed by atoms with E-state index in [1.807, 2.05) is 36.2 Å². The summed E-state index contributed by atoms with van der Waals surface area (Å²) in [6, 6.07) is 7.54. The van der Waals surface area contributed by atoms with Gasteiger partial charge in [-0.15, -0.1) is 6.42 Å². The maximum absolute atomic E-state index is 11.3. The van der Waals surface area contributed by atoms with E-state index in [2.05, 4.69) is 5.92 Å². The second kappa shape index (κ2) is 6.44. The predicted octanol–water partition coefficient (Wildman–Crippen LogP) is 2.93. The average molecular weight is 250 g/mol. The van der Waals surface area contributed by atoms with Crippen molar-refractivity contribution in [2.75, 3.05) is 13.6 Å². The van der Waals surface area contributed by atoms with Crippen LogP contribution in [-0.2, 0) is 4.79 Å². The Bertz CT molecular complexity index is 419. The molecule has 0 radical (unpaired) electrons. The third kappa shape index (κ3) is 4.22. The number of halogens is 1. The molecule has 90 valence electrons. The van der Waals surface area contributed by atoms with Gasteiger partial charge in [-0.25, -0.2) is 0 Å². The number of carbonyl (C=O) groups is 1. The summed E-state index contributed by atoms with van der Waals surface area (Å²) in [4.78, 5) is 13.3. The van der Waals surface area contributed by atoms with Crippen LogP contribution >= 0.6 is 11.6 Å². The van der Waals surface area contributed by atoms with E-state index in [9.17, 15) is 4.79 Å². The zero-order valence-corrected chi connectivity index (χ0v) is 10.9. The highest BCUT2D eigenvalue weighted by Crippen LogP contribution is 2.24. The molecule has 17 heavy (non-hydrogen) atoms. The van der Waals surface area contributed by atoms with Crippen LogP contribution in [0.1, 0.15) is 24.9 Å². The number of terminal acetylenes is 1. The standard InChI is InChI=1S/C14H16ClNO/c1-4-9-16(3)14(10-11(2)17)12-5-7-13(15)8-6-12/h1,5-8,14H,9-10H2,2-3H3. The van der Waals surface area contributed by atoms with E-state index in [0.717, 1.165) is 5.56 Å². The van der Waals surface area contributed by atoms with Gasteiger partial charge in [0.25, 0.3) is 0 Å². The molecule has 0 spiro atoms. The van der Waals surface area contributed by atoms with E-state index in [1.54, 1.807) is 6.92 Å². The SMILES string of the molecule is C#CCN(C)C(CC(C)=O)c1ccc(Cl)cc1. The molecule has 1 aromatic rings. The Balaban J connectivity index is 2.93. The molecular weight excluding hydrogens is 234 g/mol. The molecule has 0 aliphatic carbocycles. The lowest BCUT2D eigenvalue weighted by Crippen LogP contribution is -2.26. The summed E-state index contributed by atoms with van der Waals surface area (Å²) < 4.78 is 0. The number of nitrogens with zero attached hydrogens (tertiary/aromatic N) is 1. The molecule has 3 heteroatoms. The summed E-state index contributed by atoms with van der Waals surface area (Å²) in [5.74, 6) is 2.74. The first kappa shape index (κ1) is 13.8. The van der Waals surface area contributed by atoms with Gasteiger partial charge >= 0.3 is 0 Å². The maximum atomic E-state index is 11.3. The molecular formula is C14H16ClNO. The van der Waals surface area contributed by atoms with E-state index in [0.29, 0.717) is 18.0 Å². The van der Waals surface area contributed by atoms with Crippen molar-refractivity contribution >= 4 is 17.4 Å². The van der Waals surface area contributed by atoms with Gasteiger partial charge in [0.05, 0.1) is 6.54 Å². The predicted molar refractivity (Wildman–Crippen MR) is 71.0 cm³/mol. The summed E-state index contributed by atoms with van der Waals surface area (Å²) in [6.07, 6.45) is 5.76. The van der Waals surface area contributed by atoms with Gasteiger partial charge in [-0.1, -0.05) is 29.7 Å². The van der Waals surface area contributed by atoms with Gasteiger partial charge in [-0.05, 0) is 31.7 Å². The molecule has 0 aliphatic rings. The fourth-order valence-corrected chi connectivity index (χ4v) is 1.87. The van der Waals surface area contributed by atoms with Gasteiger partial charge in [0.1, 0.15) is 5.78 Å². The Kier molecular flexibility index (Phi) is 5.21. The van der Waals surface area contributed by atoms with Crippen LogP contribution in [-0.4, -0.2) is 24.3 Å². The van der Waals surface area contributed by atoms with E-state index in [-0.39, 0.29) is 11.8 Å². The lowest BCUT2D eigenvalue weighted by Gasteiger charge is -2.26. The quantitative estimate of drug-likeness (QED) is 0.748. The maximum Gasteiger partial charge on any atom is 0.131 e. The van der Waals surface area contributed by atoms with Gasteiger partial charge in [-0.2, -0.15) is 0 Å². The normalized spacial score (nSPS) is 12.2. The van der Waals surface area contributed by atoms with Crippen LogP contribution in [0.2, 0.25) is 5.02 Å². The third-order valence-electron chi connectivity index (χ3n) is 2.61. The van der Waals surface area contributed by atoms with Crippen LogP contribution in [0.5, 0.6) is 0 Å². The monoisotopic (exact) mass is 249 g/mol. The number of Topliss-reactive ketones (excluding diaryl/α,β-unsaturated/α-hetero) is 1. The molecule has 2 nitrogen and oxygen atoms in total. The van der Waals surface area contributed by atoms with Gasteiger partial charge in [0.2, 0.25) is 0 Å². The number of ketones is 1. The molecule has 1 rings (SSSR count). The average Bonchev–Trinajstić information content (AvgIpc) is 2.27. The van der Waals surface area contributed by atoms with Crippen LogP contribution in [0, 0.1) is 12.3 Å². The van der Waals surface area contributed by atoms with Crippen LogP contribution in [0.4, 0.5) is 0 Å². The van der Waals surface area contributed by atoms with E-state index in [1.165, 1.54) is 0 Å². The fourth-order valence-electron chi connectivity index (χ4n) is 1.74. The molecule has 0 saturated heterocycles. The Labute approximate surface area is 108 Å². The van der Waals surface area contributed by atoms with Crippen molar-refractivity contribution in [2.45, 2.75) is 19.4 Å². The Morgan fingerprint density at radius 3 is 2.53 bits per heavy atom. The number of benzene rings is 1. The summed E-state index contributed by atoms with van der Waals surface area (Å²) in [7, 11) is 1.92. The van der Waals surface area contributed by atoms with Crippen molar-refractivity contribution < 1.29 is 4.79 Å². The van der Waals surface area contributed by atoms with Gasteiger partial charge < -0.3 is 0 Å². The second-order valence-corrected chi connectivity index (χ2v) is 4.53. The molecule has 0 aliphatic heterocycles. The number of rotatable bonds is 5. The first-order chi connectivity index (χ1) is 8.04. The van der Waals surface area contributed by atoms with Crippen molar-refractivity contribution in [1.82, 2.24) is 4.90 Å². The fraction of sp³-hybridized carbons (Fsp3) is 0.357. The number of hydrogen-bond acceptors (Lipinski definition) is 2. The molecule has 0 fully saturated rings. The molecule has 0 aromatic heterocycles. The van der Waals surface area contributed by atoms with E-state index < -0.39 is 0 Å². The Morgan fingerprint density at radius 1 is 1.47 bits per heavy atom. The highest BCUT2D eigenvalue weighted by atomic mass is 35.5. The number of hydrogen-bond donors (Lipinski definition) is 0. The molecule has 0 bridgehead atoms. The minimum Gasteiger partial charge on any atom is -0.300 e. The highest BCUT2D eigenvalue weighted by molar-refractivity contribution is 6.30. The van der Waals surface area contributed by atoms with Crippen molar-refractivity contribution in [2.24, 2.45) is 0 Å². The third-order valence-corrected chi connectivity index (χ3v) is 2.86. The Morgan fingerprint density at radius 2 is 2.06 bits per heavy atom. The first-order valence-corrected chi connectivity index (χ1v) is 5.81. The summed E-state index contributed by atoms with van der Waals surface area (Å²) in [5.41, 5.74) is 1.06. The molecule has 0 saturated carbocycles. The second-order valence-electron chi connectivity index (χ2n) is 4.09. The molecule has 0 N–H and O–H groups in total. The number of carbonyl (C=O) groups excluding carboxylic acids is 1. The zero-order valence-electron chi connectivity index (χ0n) is 10.1. The minimum absolute atomic E-state index is 0.0146. The van der Waals surface area contributed by atoms with Crippen molar-refractivity contribution in [3.63, 3.8) is 0 Å². The summed E-state index contributed by atoms with van der Waals surface area (Å²) in [5, 5.41) is 0.690. The highest BCUT2D eigenvalue weighted by Gasteiger charge is 2.18. The van der Waals surface area contributed by atoms with Crippen molar-refractivity contribution in [1.29, 1.82) is 0 Å². The molecule has 0 amide bonds. The molecule has 1 atom stereocenters. The lowest BCUT2D eigenvalue weighted by atomic mass is 10.0. The smallest absolute Gasteiger partial charge is 0.131 e. The van der Waals surface area contributed by atoms with Crippen LogP contribution in [0.15, 0.2) is 24.3 Å². The lowest BCUT2D eigenvalue weighted by molar-refractivity contribution is -0.118. The van der Waals surface area contributed by atoms with Gasteiger partial charge in [-0.3, -0.25) is 9.69 Å². The van der Waals surface area contributed by atoms with Crippen molar-refractivity contribution in [3.05, 3.63) is 34.9 Å². The molecule has 1 unspecified atom stereocenters. The van der Waals surface area contributed by atoms with E-state index >= 15 is 0 Å². The minimum atomic E-state index is 0.0146. The first-order valence-electron chi connectivity index (χ1n) is 5.43. The van der Waals surface area contributed by atoms with Crippen LogP contribution < -0.4 is 0 Å². The topological polar surface area (TPSA) is 20.3 Å². The van der Waals surface area contributed by atoms with Crippen LogP contribution in [0.3, 0.4) is 0 Å². The summed E-state index contributed by atoms with van der Waals surface area (Å²) >= 11 is 5.85. The Hall–Kier alpha value is -1.30. The van der Waals surface area contributed by atoms with Gasteiger partial charge in [0, 0.05) is 17.5 Å². The molecule has 1 aromatic carbocycles. The molecule has 0 heterocycles. The largest absolute Gasteiger partial charge is 0.300 e. The van der Waals surface area contributed by atoms with E-state index in [4.69, 9.17) is 18.0 Å². The zero-order chi connectivity index (χ0) is 12.8. The summed E-state index contributed by atoms with van der Waals surface area (Å²) in [6.45, 7) is 2.10. The van der Waals surface area contributed by atoms with Gasteiger partial charge in [0.15, 0.2) is 0 Å². The van der Waals surface area contributed by atoms with Crippen molar-refractivity contribution in [3.8, 4) is 12.3 Å².